The minimum absolute atomic E-state index is 0.517. The highest BCUT2D eigenvalue weighted by Gasteiger charge is 2.30. The number of hydrogen-bond donors (Lipinski definition) is 1. The van der Waals surface area contributed by atoms with Crippen LogP contribution in [0.15, 0.2) is 0 Å². The Labute approximate surface area is 95.4 Å². The molecule has 2 atom stereocenters. The lowest BCUT2D eigenvalue weighted by Gasteiger charge is -2.32. The Kier molecular flexibility index (Phi) is 5.07. The molecule has 90 valence electrons. The Bertz CT molecular complexity index is 173. The van der Waals surface area contributed by atoms with E-state index in [1.807, 2.05) is 0 Å². The molecule has 0 aliphatic carbocycles. The lowest BCUT2D eigenvalue weighted by Crippen LogP contribution is -2.39. The van der Waals surface area contributed by atoms with Crippen LogP contribution in [0.5, 0.6) is 0 Å². The summed E-state index contributed by atoms with van der Waals surface area (Å²) < 4.78 is 0. The van der Waals surface area contributed by atoms with Gasteiger partial charge in [-0.05, 0) is 30.8 Å². The first-order valence-corrected chi connectivity index (χ1v) is 6.52. The molecule has 0 radical (unpaired) electrons. The van der Waals surface area contributed by atoms with Crippen molar-refractivity contribution in [2.75, 3.05) is 32.7 Å². The molecule has 1 aliphatic rings. The molecule has 1 aliphatic heterocycles. The molecule has 1 rings (SSSR count). The maximum atomic E-state index is 3.48. The molecular formula is C13H28N2. The summed E-state index contributed by atoms with van der Waals surface area (Å²) in [5.74, 6) is 0.836. The van der Waals surface area contributed by atoms with Crippen molar-refractivity contribution in [2.45, 2.75) is 40.5 Å². The monoisotopic (exact) mass is 212 g/mol. The first-order chi connectivity index (χ1) is 7.09. The van der Waals surface area contributed by atoms with Crippen molar-refractivity contribution in [3.05, 3.63) is 0 Å². The normalized spacial score (nSPS) is 28.6. The number of rotatable bonds is 6. The quantitative estimate of drug-likeness (QED) is 0.727. The molecule has 1 fully saturated rings. The average Bonchev–Trinajstić information content (AvgIpc) is 2.63. The van der Waals surface area contributed by atoms with E-state index in [0.29, 0.717) is 5.41 Å². The minimum Gasteiger partial charge on any atom is -0.316 e. The second-order valence-corrected chi connectivity index (χ2v) is 5.58. The van der Waals surface area contributed by atoms with E-state index in [9.17, 15) is 0 Å². The molecule has 2 nitrogen and oxygen atoms in total. The first kappa shape index (κ1) is 13.0. The maximum absolute atomic E-state index is 3.48. The van der Waals surface area contributed by atoms with E-state index in [4.69, 9.17) is 0 Å². The average molecular weight is 212 g/mol. The Morgan fingerprint density at radius 1 is 1.40 bits per heavy atom. The van der Waals surface area contributed by atoms with Crippen molar-refractivity contribution in [3.8, 4) is 0 Å². The molecule has 0 aromatic heterocycles. The van der Waals surface area contributed by atoms with Gasteiger partial charge in [-0.2, -0.15) is 0 Å². The fourth-order valence-corrected chi connectivity index (χ4v) is 2.42. The van der Waals surface area contributed by atoms with E-state index in [0.717, 1.165) is 5.92 Å². The summed E-state index contributed by atoms with van der Waals surface area (Å²) in [7, 11) is 0. The van der Waals surface area contributed by atoms with Crippen molar-refractivity contribution >= 4 is 0 Å². The fraction of sp³-hybridized carbons (Fsp3) is 1.00. The van der Waals surface area contributed by atoms with Crippen molar-refractivity contribution in [2.24, 2.45) is 11.3 Å². The van der Waals surface area contributed by atoms with E-state index in [-0.39, 0.29) is 0 Å². The standard InChI is InChI=1S/C13H28N2/c1-5-12(3)9-15(6-2)11-13(4)7-8-14-10-13/h12,14H,5-11H2,1-4H3. The molecule has 1 N–H and O–H groups in total. The molecule has 0 saturated carbocycles. The van der Waals surface area contributed by atoms with Gasteiger partial charge in [0, 0.05) is 19.6 Å². The molecule has 0 bridgehead atoms. The minimum atomic E-state index is 0.517. The molecule has 0 aromatic rings. The Morgan fingerprint density at radius 3 is 2.60 bits per heavy atom. The summed E-state index contributed by atoms with van der Waals surface area (Å²) in [5.41, 5.74) is 0.517. The molecular weight excluding hydrogens is 184 g/mol. The molecule has 15 heavy (non-hydrogen) atoms. The van der Waals surface area contributed by atoms with E-state index < -0.39 is 0 Å². The third-order valence-electron chi connectivity index (χ3n) is 3.78. The maximum Gasteiger partial charge on any atom is 0.00480 e. The second-order valence-electron chi connectivity index (χ2n) is 5.58. The van der Waals surface area contributed by atoms with Gasteiger partial charge in [-0.1, -0.05) is 34.1 Å². The van der Waals surface area contributed by atoms with Crippen molar-refractivity contribution in [1.82, 2.24) is 10.2 Å². The topological polar surface area (TPSA) is 15.3 Å². The van der Waals surface area contributed by atoms with E-state index in [2.05, 4.69) is 37.9 Å². The molecule has 1 saturated heterocycles. The Hall–Kier alpha value is -0.0800. The molecule has 0 aromatic carbocycles. The number of hydrogen-bond acceptors (Lipinski definition) is 2. The zero-order valence-corrected chi connectivity index (χ0v) is 11.0. The fourth-order valence-electron chi connectivity index (χ4n) is 2.42. The van der Waals surface area contributed by atoms with Crippen molar-refractivity contribution in [1.29, 1.82) is 0 Å². The third-order valence-corrected chi connectivity index (χ3v) is 3.78. The van der Waals surface area contributed by atoms with E-state index >= 15 is 0 Å². The van der Waals surface area contributed by atoms with Gasteiger partial charge >= 0.3 is 0 Å². The SMILES string of the molecule is CCC(C)CN(CC)CC1(C)CCNC1. The summed E-state index contributed by atoms with van der Waals surface area (Å²) in [5, 5.41) is 3.48. The van der Waals surface area contributed by atoms with Crippen LogP contribution in [-0.4, -0.2) is 37.6 Å². The molecule has 2 heteroatoms. The second kappa shape index (κ2) is 5.86. The van der Waals surface area contributed by atoms with Gasteiger partial charge in [0.15, 0.2) is 0 Å². The number of nitrogens with zero attached hydrogens (tertiary/aromatic N) is 1. The zero-order valence-electron chi connectivity index (χ0n) is 11.0. The van der Waals surface area contributed by atoms with Gasteiger partial charge in [-0.3, -0.25) is 0 Å². The largest absolute Gasteiger partial charge is 0.316 e. The molecule has 0 spiro atoms. The Morgan fingerprint density at radius 2 is 2.13 bits per heavy atom. The van der Waals surface area contributed by atoms with Crippen LogP contribution in [0.2, 0.25) is 0 Å². The van der Waals surface area contributed by atoms with Crippen LogP contribution in [0.25, 0.3) is 0 Å². The number of nitrogens with one attached hydrogen (secondary N) is 1. The summed E-state index contributed by atoms with van der Waals surface area (Å²) in [4.78, 5) is 2.63. The molecule has 2 unspecified atom stereocenters. The highest BCUT2D eigenvalue weighted by atomic mass is 15.1. The van der Waals surface area contributed by atoms with E-state index in [1.165, 1.54) is 45.6 Å². The van der Waals surface area contributed by atoms with Gasteiger partial charge in [0.1, 0.15) is 0 Å². The molecule has 0 amide bonds. The van der Waals surface area contributed by atoms with Crippen LogP contribution in [0.4, 0.5) is 0 Å². The van der Waals surface area contributed by atoms with Gasteiger partial charge < -0.3 is 10.2 Å². The van der Waals surface area contributed by atoms with Crippen LogP contribution in [0.3, 0.4) is 0 Å². The third kappa shape index (κ3) is 4.12. The summed E-state index contributed by atoms with van der Waals surface area (Å²) in [6.45, 7) is 15.5. The van der Waals surface area contributed by atoms with Crippen molar-refractivity contribution < 1.29 is 0 Å². The summed E-state index contributed by atoms with van der Waals surface area (Å²) in [6.07, 6.45) is 2.63. The van der Waals surface area contributed by atoms with Crippen LogP contribution in [-0.2, 0) is 0 Å². The van der Waals surface area contributed by atoms with Gasteiger partial charge in [0.25, 0.3) is 0 Å². The summed E-state index contributed by atoms with van der Waals surface area (Å²) >= 11 is 0. The highest BCUT2D eigenvalue weighted by molar-refractivity contribution is 4.86. The van der Waals surface area contributed by atoms with E-state index in [1.54, 1.807) is 0 Å². The predicted octanol–water partition coefficient (Wildman–Crippen LogP) is 2.35. The van der Waals surface area contributed by atoms with Gasteiger partial charge in [-0.25, -0.2) is 0 Å². The summed E-state index contributed by atoms with van der Waals surface area (Å²) in [6, 6.07) is 0. The predicted molar refractivity (Wildman–Crippen MR) is 67.2 cm³/mol. The van der Waals surface area contributed by atoms with Crippen LogP contribution >= 0.6 is 0 Å². The lowest BCUT2D eigenvalue weighted by atomic mass is 9.89. The first-order valence-electron chi connectivity index (χ1n) is 6.52. The smallest absolute Gasteiger partial charge is 0.00480 e. The highest BCUT2D eigenvalue weighted by Crippen LogP contribution is 2.26. The zero-order chi connectivity index (χ0) is 11.3. The lowest BCUT2D eigenvalue weighted by molar-refractivity contribution is 0.164. The Balaban J connectivity index is 2.38. The van der Waals surface area contributed by atoms with Crippen LogP contribution < -0.4 is 5.32 Å². The van der Waals surface area contributed by atoms with Gasteiger partial charge in [0.2, 0.25) is 0 Å². The van der Waals surface area contributed by atoms with Crippen LogP contribution in [0.1, 0.15) is 40.5 Å². The van der Waals surface area contributed by atoms with Crippen molar-refractivity contribution in [3.63, 3.8) is 0 Å². The van der Waals surface area contributed by atoms with Gasteiger partial charge in [0.05, 0.1) is 0 Å². The van der Waals surface area contributed by atoms with Crippen LogP contribution in [0, 0.1) is 11.3 Å². The molecule has 1 heterocycles. The van der Waals surface area contributed by atoms with Gasteiger partial charge in [-0.15, -0.1) is 0 Å².